The molecule has 0 spiro atoms. The highest BCUT2D eigenvalue weighted by molar-refractivity contribution is 14.0. The Balaban J connectivity index is 0.00000312. The standard InChI is InChI=1S/C18H28ClN3O2.HI/c1-20-18(22(2)13-15-6-3-7-16(19)12-15)21-9-5-10-23-14-17-8-4-11-24-17;/h3,6-7,12,17H,4-5,8-11,13-14H2,1-2H3,(H,20,21);1H. The smallest absolute Gasteiger partial charge is 0.193 e. The van der Waals surface area contributed by atoms with E-state index in [-0.39, 0.29) is 24.0 Å². The monoisotopic (exact) mass is 481 g/mol. The summed E-state index contributed by atoms with van der Waals surface area (Å²) in [4.78, 5) is 6.41. The SMILES string of the molecule is CN=C(NCCCOCC1CCCO1)N(C)Cc1cccc(Cl)c1.I. The molecule has 0 bridgehead atoms. The fourth-order valence-corrected chi connectivity index (χ4v) is 2.95. The van der Waals surface area contributed by atoms with Crippen molar-refractivity contribution in [3.8, 4) is 0 Å². The lowest BCUT2D eigenvalue weighted by Gasteiger charge is -2.22. The Morgan fingerprint density at radius 3 is 3.00 bits per heavy atom. The van der Waals surface area contributed by atoms with Crippen LogP contribution in [0.4, 0.5) is 0 Å². The Kier molecular flexibility index (Phi) is 11.4. The number of aliphatic imine (C=N–C) groups is 1. The van der Waals surface area contributed by atoms with Gasteiger partial charge in [0.05, 0.1) is 12.7 Å². The first-order chi connectivity index (χ1) is 11.7. The summed E-state index contributed by atoms with van der Waals surface area (Å²) in [5.74, 6) is 0.870. The van der Waals surface area contributed by atoms with E-state index >= 15 is 0 Å². The maximum Gasteiger partial charge on any atom is 0.193 e. The summed E-state index contributed by atoms with van der Waals surface area (Å²) < 4.78 is 11.2. The molecule has 1 N–H and O–H groups in total. The van der Waals surface area contributed by atoms with Gasteiger partial charge in [0.15, 0.2) is 5.96 Å². The van der Waals surface area contributed by atoms with Crippen molar-refractivity contribution in [2.24, 2.45) is 4.99 Å². The predicted molar refractivity (Wildman–Crippen MR) is 114 cm³/mol. The Bertz CT molecular complexity index is 525. The molecule has 1 aliphatic rings. The van der Waals surface area contributed by atoms with Crippen LogP contribution in [0.25, 0.3) is 0 Å². The van der Waals surface area contributed by atoms with Crippen LogP contribution in [-0.2, 0) is 16.0 Å². The molecule has 0 aliphatic carbocycles. The second kappa shape index (κ2) is 12.7. The van der Waals surface area contributed by atoms with Gasteiger partial charge in [0.25, 0.3) is 0 Å². The van der Waals surface area contributed by atoms with Crippen molar-refractivity contribution in [1.82, 2.24) is 10.2 Å². The van der Waals surface area contributed by atoms with Crippen molar-refractivity contribution in [3.63, 3.8) is 0 Å². The van der Waals surface area contributed by atoms with Crippen LogP contribution >= 0.6 is 35.6 Å². The zero-order valence-electron chi connectivity index (χ0n) is 15.0. The molecular formula is C18H29ClIN3O2. The van der Waals surface area contributed by atoms with Crippen LogP contribution in [0.2, 0.25) is 5.02 Å². The molecule has 1 saturated heterocycles. The molecule has 1 aromatic rings. The molecule has 25 heavy (non-hydrogen) atoms. The van der Waals surface area contributed by atoms with Gasteiger partial charge in [-0.05, 0) is 37.0 Å². The lowest BCUT2D eigenvalue weighted by Crippen LogP contribution is -2.39. The summed E-state index contributed by atoms with van der Waals surface area (Å²) >= 11 is 6.03. The third-order valence-electron chi connectivity index (χ3n) is 3.96. The number of ether oxygens (including phenoxy) is 2. The van der Waals surface area contributed by atoms with Crippen molar-refractivity contribution in [2.45, 2.75) is 31.9 Å². The highest BCUT2D eigenvalue weighted by Crippen LogP contribution is 2.13. The molecule has 142 valence electrons. The van der Waals surface area contributed by atoms with Crippen LogP contribution in [0.1, 0.15) is 24.8 Å². The van der Waals surface area contributed by atoms with Gasteiger partial charge in [0, 0.05) is 45.4 Å². The average molecular weight is 482 g/mol. The molecule has 0 saturated carbocycles. The molecule has 1 unspecified atom stereocenters. The van der Waals surface area contributed by atoms with Gasteiger partial charge < -0.3 is 19.7 Å². The van der Waals surface area contributed by atoms with Gasteiger partial charge >= 0.3 is 0 Å². The highest BCUT2D eigenvalue weighted by atomic mass is 127. The maximum absolute atomic E-state index is 6.03. The molecule has 1 aliphatic heterocycles. The number of hydrogen-bond donors (Lipinski definition) is 1. The normalized spacial score (nSPS) is 17.2. The van der Waals surface area contributed by atoms with E-state index in [9.17, 15) is 0 Å². The predicted octanol–water partition coefficient (Wildman–Crippen LogP) is 3.55. The molecule has 2 rings (SSSR count). The van der Waals surface area contributed by atoms with E-state index in [2.05, 4.69) is 21.3 Å². The first-order valence-electron chi connectivity index (χ1n) is 8.54. The molecule has 1 heterocycles. The van der Waals surface area contributed by atoms with E-state index in [4.69, 9.17) is 21.1 Å². The van der Waals surface area contributed by atoms with Gasteiger partial charge in [-0.2, -0.15) is 0 Å². The molecule has 0 aromatic heterocycles. The van der Waals surface area contributed by atoms with Crippen molar-refractivity contribution in [3.05, 3.63) is 34.9 Å². The van der Waals surface area contributed by atoms with Crippen LogP contribution in [0.15, 0.2) is 29.3 Å². The summed E-state index contributed by atoms with van der Waals surface area (Å²) in [6.07, 6.45) is 3.52. The third kappa shape index (κ3) is 8.57. The van der Waals surface area contributed by atoms with E-state index < -0.39 is 0 Å². The van der Waals surface area contributed by atoms with Gasteiger partial charge in [0.1, 0.15) is 0 Å². The molecule has 5 nitrogen and oxygen atoms in total. The van der Waals surface area contributed by atoms with E-state index in [1.165, 1.54) is 0 Å². The first-order valence-corrected chi connectivity index (χ1v) is 8.92. The molecule has 7 heteroatoms. The fourth-order valence-electron chi connectivity index (χ4n) is 2.73. The van der Waals surface area contributed by atoms with E-state index in [1.807, 2.05) is 25.2 Å². The average Bonchev–Trinajstić information content (AvgIpc) is 3.07. The zero-order valence-corrected chi connectivity index (χ0v) is 18.1. The molecule has 1 atom stereocenters. The molecule has 0 amide bonds. The zero-order chi connectivity index (χ0) is 17.2. The Morgan fingerprint density at radius 2 is 2.32 bits per heavy atom. The van der Waals surface area contributed by atoms with Crippen molar-refractivity contribution >= 4 is 41.5 Å². The second-order valence-electron chi connectivity index (χ2n) is 6.02. The summed E-state index contributed by atoms with van der Waals surface area (Å²) in [5.41, 5.74) is 1.16. The number of rotatable bonds is 8. The van der Waals surface area contributed by atoms with Crippen LogP contribution < -0.4 is 5.32 Å². The minimum atomic E-state index is 0. The van der Waals surface area contributed by atoms with Gasteiger partial charge in [-0.3, -0.25) is 4.99 Å². The van der Waals surface area contributed by atoms with Crippen molar-refractivity contribution in [1.29, 1.82) is 0 Å². The van der Waals surface area contributed by atoms with Crippen LogP contribution in [0.3, 0.4) is 0 Å². The summed E-state index contributed by atoms with van der Waals surface area (Å²) in [7, 11) is 3.81. The summed E-state index contributed by atoms with van der Waals surface area (Å²) in [6, 6.07) is 7.89. The van der Waals surface area contributed by atoms with Crippen molar-refractivity contribution in [2.75, 3.05) is 40.5 Å². The van der Waals surface area contributed by atoms with Gasteiger partial charge in [-0.25, -0.2) is 0 Å². The largest absolute Gasteiger partial charge is 0.379 e. The van der Waals surface area contributed by atoms with Gasteiger partial charge in [-0.1, -0.05) is 23.7 Å². The molecule has 1 aromatic carbocycles. The van der Waals surface area contributed by atoms with Crippen LogP contribution in [0, 0.1) is 0 Å². The summed E-state index contributed by atoms with van der Waals surface area (Å²) in [5, 5.41) is 4.12. The van der Waals surface area contributed by atoms with Crippen LogP contribution in [0.5, 0.6) is 0 Å². The number of guanidine groups is 1. The number of halogens is 2. The van der Waals surface area contributed by atoms with Crippen molar-refractivity contribution < 1.29 is 9.47 Å². The van der Waals surface area contributed by atoms with Gasteiger partial charge in [-0.15, -0.1) is 24.0 Å². The molecule has 1 fully saturated rings. The number of nitrogens with zero attached hydrogens (tertiary/aromatic N) is 2. The third-order valence-corrected chi connectivity index (χ3v) is 4.19. The lowest BCUT2D eigenvalue weighted by atomic mass is 10.2. The minimum Gasteiger partial charge on any atom is -0.379 e. The first kappa shape index (κ1) is 22.5. The minimum absolute atomic E-state index is 0. The Morgan fingerprint density at radius 1 is 1.48 bits per heavy atom. The lowest BCUT2D eigenvalue weighted by molar-refractivity contribution is 0.0168. The van der Waals surface area contributed by atoms with Crippen LogP contribution in [-0.4, -0.2) is 57.4 Å². The number of benzene rings is 1. The number of hydrogen-bond acceptors (Lipinski definition) is 3. The second-order valence-corrected chi connectivity index (χ2v) is 6.46. The topological polar surface area (TPSA) is 46.1 Å². The van der Waals surface area contributed by atoms with E-state index in [0.29, 0.717) is 12.7 Å². The maximum atomic E-state index is 6.03. The molecular weight excluding hydrogens is 453 g/mol. The fraction of sp³-hybridized carbons (Fsp3) is 0.611. The van der Waals surface area contributed by atoms with E-state index in [1.54, 1.807) is 7.05 Å². The Hall–Kier alpha value is -0.570. The van der Waals surface area contributed by atoms with E-state index in [0.717, 1.165) is 62.1 Å². The Labute approximate surface area is 173 Å². The summed E-state index contributed by atoms with van der Waals surface area (Å²) in [6.45, 7) is 3.92. The van der Waals surface area contributed by atoms with Gasteiger partial charge in [0.2, 0.25) is 0 Å². The quantitative estimate of drug-likeness (QED) is 0.267. The molecule has 0 radical (unpaired) electrons. The highest BCUT2D eigenvalue weighted by Gasteiger charge is 2.15. The number of nitrogens with one attached hydrogen (secondary N) is 1.